The Morgan fingerprint density at radius 1 is 0.302 bits per heavy atom. The van der Waals surface area contributed by atoms with Gasteiger partial charge in [0, 0.05) is 167 Å². The number of carbonyl (C=O) groups is 4. The van der Waals surface area contributed by atoms with Crippen LogP contribution in [0, 0.1) is 0 Å². The number of aryl methyl sites for hydroxylation is 4. The number of carbonyl (C=O) groups excluding carboxylic acids is 4. The van der Waals surface area contributed by atoms with Crippen LogP contribution in [0.25, 0.3) is 98.0 Å². The van der Waals surface area contributed by atoms with Gasteiger partial charge in [0.2, 0.25) is 0 Å². The minimum atomic E-state index is -0.823. The Morgan fingerprint density at radius 2 is 0.586 bits per heavy atom. The number of unbranched alkanes of at least 4 members (excludes halogenated alkanes) is 4. The van der Waals surface area contributed by atoms with E-state index in [9.17, 15) is 9.59 Å². The monoisotopic (exact) mass is 1530 g/mol. The van der Waals surface area contributed by atoms with Crippen molar-refractivity contribution in [2.24, 2.45) is 0 Å². The second-order valence-corrected chi connectivity index (χ2v) is 30.2. The maximum Gasteiger partial charge on any atom is 0.338 e. The molecule has 16 nitrogen and oxygen atoms in total. The number of aromatic nitrogens is 4. The number of esters is 2. The minimum absolute atomic E-state index is 0.0227. The predicted molar refractivity (Wildman–Crippen MR) is 464 cm³/mol. The van der Waals surface area contributed by atoms with Crippen LogP contribution >= 0.6 is 0 Å². The van der Waals surface area contributed by atoms with Gasteiger partial charge >= 0.3 is 11.9 Å². The molecule has 0 unspecified atom stereocenters. The molecule has 0 bridgehead atoms. The smallest absolute Gasteiger partial charge is 0.338 e. The van der Waals surface area contributed by atoms with E-state index in [0.717, 1.165) is 93.5 Å². The number of amides is 2. The number of para-hydroxylation sites is 8. The summed E-state index contributed by atoms with van der Waals surface area (Å²) in [6.07, 6.45) is 6.47. The zero-order valence-corrected chi connectivity index (χ0v) is 65.1. The van der Waals surface area contributed by atoms with E-state index in [1.54, 1.807) is 18.2 Å². The van der Waals surface area contributed by atoms with Gasteiger partial charge in [-0.15, -0.1) is 0 Å². The van der Waals surface area contributed by atoms with Gasteiger partial charge in [0.25, 0.3) is 11.8 Å². The van der Waals surface area contributed by atoms with Crippen LogP contribution in [0.3, 0.4) is 0 Å². The number of benzene rings is 13. The molecular formula is C100H88N6O10. The number of rotatable bonds is 32. The van der Waals surface area contributed by atoms with Gasteiger partial charge < -0.3 is 51.6 Å². The quantitative estimate of drug-likeness (QED) is 0.0225. The molecule has 578 valence electrons. The summed E-state index contributed by atoms with van der Waals surface area (Å²) in [5.41, 5.74) is 11.9. The number of hydrogen-bond acceptors (Lipinski definition) is 11. The van der Waals surface area contributed by atoms with Crippen molar-refractivity contribution in [3.05, 3.63) is 312 Å². The van der Waals surface area contributed by atoms with Crippen LogP contribution < -0.4 is 28.7 Å². The second-order valence-electron chi connectivity index (χ2n) is 30.2. The van der Waals surface area contributed by atoms with E-state index in [1.807, 2.05) is 67.5 Å². The molecule has 1 aliphatic heterocycles. The molecule has 0 N–H and O–H groups in total. The lowest BCUT2D eigenvalue weighted by atomic mass is 9.92. The van der Waals surface area contributed by atoms with Crippen molar-refractivity contribution in [1.29, 1.82) is 0 Å². The first kappa shape index (κ1) is 73.9. The zero-order valence-electron chi connectivity index (χ0n) is 65.1. The van der Waals surface area contributed by atoms with E-state index in [4.69, 9.17) is 28.4 Å². The Hall–Kier alpha value is -13.6. The molecule has 116 heavy (non-hydrogen) atoms. The van der Waals surface area contributed by atoms with Gasteiger partial charge in [-0.25, -0.2) is 14.5 Å². The van der Waals surface area contributed by atoms with Crippen LogP contribution in [0.15, 0.2) is 279 Å². The van der Waals surface area contributed by atoms with E-state index < -0.39 is 23.8 Å². The summed E-state index contributed by atoms with van der Waals surface area (Å²) < 4.78 is 48.2. The van der Waals surface area contributed by atoms with Crippen LogP contribution in [0.5, 0.6) is 23.0 Å². The maximum atomic E-state index is 15.1. The highest BCUT2D eigenvalue weighted by atomic mass is 16.5. The first-order valence-electron chi connectivity index (χ1n) is 40.3. The molecule has 5 heterocycles. The van der Waals surface area contributed by atoms with Crippen molar-refractivity contribution in [2.75, 3.05) is 50.3 Å². The molecule has 16 heteroatoms. The van der Waals surface area contributed by atoms with Crippen molar-refractivity contribution in [2.45, 2.75) is 90.8 Å². The number of ether oxygens (including phenoxy) is 6. The summed E-state index contributed by atoms with van der Waals surface area (Å²) in [7, 11) is 3.81. The minimum Gasteiger partial charge on any atom is -0.493 e. The van der Waals surface area contributed by atoms with Crippen molar-refractivity contribution in [3.8, 4) is 23.0 Å². The molecule has 0 radical (unpaired) electrons. The molecular weight excluding hydrogens is 1450 g/mol. The summed E-state index contributed by atoms with van der Waals surface area (Å²) >= 11 is 0. The molecule has 0 aliphatic carbocycles. The summed E-state index contributed by atoms with van der Waals surface area (Å²) in [5, 5.41) is 11.1. The lowest BCUT2D eigenvalue weighted by molar-refractivity contribution is 0.0468. The van der Waals surface area contributed by atoms with Crippen LogP contribution in [-0.4, -0.2) is 82.5 Å². The number of imide groups is 1. The van der Waals surface area contributed by atoms with Gasteiger partial charge in [-0.3, -0.25) is 9.59 Å². The first-order chi connectivity index (χ1) is 57.0. The molecule has 17 aromatic rings. The number of anilines is 2. The average Bonchev–Trinajstić information content (AvgIpc) is 1.53. The first-order valence-corrected chi connectivity index (χ1v) is 40.3. The molecule has 1 aliphatic rings. The zero-order chi connectivity index (χ0) is 78.6. The highest BCUT2D eigenvalue weighted by Gasteiger charge is 2.36. The molecule has 0 atom stereocenters. The van der Waals surface area contributed by atoms with Crippen LogP contribution in [0.4, 0.5) is 11.4 Å². The Kier molecular flexibility index (Phi) is 20.9. The lowest BCUT2D eigenvalue weighted by Crippen LogP contribution is -2.40. The van der Waals surface area contributed by atoms with Gasteiger partial charge in [0.05, 0.1) is 43.2 Å². The fourth-order valence-corrected chi connectivity index (χ4v) is 17.1. The highest BCUT2D eigenvalue weighted by Crippen LogP contribution is 2.40. The fourth-order valence-electron chi connectivity index (χ4n) is 17.1. The van der Waals surface area contributed by atoms with Crippen molar-refractivity contribution in [3.63, 3.8) is 0 Å². The maximum absolute atomic E-state index is 15.1. The standard InChI is InChI=1S/C100H88N6O10/c1-101(2)87-47-46-86-96-84(87)36-27-37-85(96)97(107)106(98(86)108)71-61-69(99(109)115-65-67-56-72(111-52-23-19-48-102-88-38-11-3-28-76(88)77-29-4-12-39-89(77)102)63-73(57-67)112-53-24-20-49-103-90-40-13-5-30-78(90)79-31-6-14-41-91(79)103)60-70(62-71)100(110)116-66-68-58-74(113-54-25-21-50-104-92-42-15-7-32-80(92)81-33-8-16-43-93(81)104)64-75(59-68)114-55-26-22-51-105-94-44-17-9-34-82(94)83-35-10-18-45-95(83)105/h3-18,27-47,56-64H,19-26,48-55,65-66H2,1-2H3. The molecule has 0 spiro atoms. The van der Waals surface area contributed by atoms with Gasteiger partial charge in [-0.05, 0) is 172 Å². The molecule has 2 amide bonds. The molecule has 18 rings (SSSR count). The molecule has 0 saturated carbocycles. The SMILES string of the molecule is CN(C)c1ccc2c3c(cccc13)C(=O)N(c1cc(C(=O)OCc3cc(OCCCCn4c5ccccc5c5ccccc54)cc(OCCCCn4c5ccccc5c5ccccc54)c3)cc(C(=O)OCc3cc(OCCCCn4c5ccccc5c5ccccc54)cc(OCCCCn4c5ccccc5c5ccccc54)c3)c1)C2=O. The van der Waals surface area contributed by atoms with Gasteiger partial charge in [-0.2, -0.15) is 0 Å². The highest BCUT2D eigenvalue weighted by molar-refractivity contribution is 6.36. The Morgan fingerprint density at radius 3 is 0.888 bits per heavy atom. The van der Waals surface area contributed by atoms with E-state index in [-0.39, 0.29) is 41.2 Å². The van der Waals surface area contributed by atoms with Crippen LogP contribution in [-0.2, 0) is 48.9 Å². The van der Waals surface area contributed by atoms with E-state index >= 15 is 9.59 Å². The lowest BCUT2D eigenvalue weighted by Gasteiger charge is -2.29. The Bertz CT molecular complexity index is 5770. The predicted octanol–water partition coefficient (Wildman–Crippen LogP) is 22.3. The average molecular weight is 1530 g/mol. The van der Waals surface area contributed by atoms with E-state index in [2.05, 4.69) is 212 Å². The van der Waals surface area contributed by atoms with Gasteiger partial charge in [0.15, 0.2) is 0 Å². The van der Waals surface area contributed by atoms with Crippen LogP contribution in [0.2, 0.25) is 0 Å². The number of nitrogens with zero attached hydrogens (tertiary/aromatic N) is 6. The summed E-state index contributed by atoms with van der Waals surface area (Å²) in [6, 6.07) is 92.4. The third-order valence-corrected chi connectivity index (χ3v) is 22.5. The number of hydrogen-bond donors (Lipinski definition) is 0. The normalized spacial score (nSPS) is 12.2. The van der Waals surface area contributed by atoms with E-state index in [1.165, 1.54) is 105 Å². The van der Waals surface area contributed by atoms with Crippen molar-refractivity contribution >= 4 is 133 Å². The number of fused-ring (bicyclic) bond motifs is 12. The Labute approximate surface area is 671 Å². The largest absolute Gasteiger partial charge is 0.493 e. The van der Waals surface area contributed by atoms with E-state index in [0.29, 0.717) is 65.9 Å². The van der Waals surface area contributed by atoms with Crippen LogP contribution in [0.1, 0.15) is 104 Å². The topological polar surface area (TPSA) is 150 Å². The fraction of sp³-hybridized carbons (Fsp3) is 0.200. The Balaban J connectivity index is 0.602. The third kappa shape index (κ3) is 14.7. The van der Waals surface area contributed by atoms with Gasteiger partial charge in [-0.1, -0.05) is 158 Å². The molecule has 0 saturated heterocycles. The van der Waals surface area contributed by atoms with Crippen molar-refractivity contribution < 1.29 is 47.6 Å². The molecule has 0 fully saturated rings. The second kappa shape index (κ2) is 32.8. The summed E-state index contributed by atoms with van der Waals surface area (Å²) in [4.78, 5) is 63.1. The van der Waals surface area contributed by atoms with Crippen molar-refractivity contribution in [1.82, 2.24) is 18.3 Å². The summed E-state index contributed by atoms with van der Waals surface area (Å²) in [6.45, 7) is 4.43. The molecule has 13 aromatic carbocycles. The van der Waals surface area contributed by atoms with Gasteiger partial charge in [0.1, 0.15) is 36.2 Å². The molecule has 4 aromatic heterocycles. The summed E-state index contributed by atoms with van der Waals surface area (Å²) in [5.74, 6) is -0.705. The third-order valence-electron chi connectivity index (χ3n) is 22.5.